The smallest absolute Gasteiger partial charge is 0.230 e. The molecule has 1 aliphatic rings. The number of thiazole rings is 1. The van der Waals surface area contributed by atoms with Crippen LogP contribution in [-0.4, -0.2) is 42.1 Å². The number of hydrogen-bond donors (Lipinski definition) is 1. The predicted molar refractivity (Wildman–Crippen MR) is 127 cm³/mol. The zero-order valence-electron chi connectivity index (χ0n) is 16.5. The number of nitrogens with zero attached hydrogens (tertiary/aromatic N) is 2. The Morgan fingerprint density at radius 2 is 1.87 bits per heavy atom. The lowest BCUT2D eigenvalue weighted by atomic mass is 10.1. The van der Waals surface area contributed by atoms with Crippen LogP contribution in [0.2, 0.25) is 15.1 Å². The summed E-state index contributed by atoms with van der Waals surface area (Å²) in [6.07, 6.45) is 0.139. The summed E-state index contributed by atoms with van der Waals surface area (Å²) in [4.78, 5) is 19.5. The molecule has 0 unspecified atom stereocenters. The number of hydrogen-bond acceptors (Lipinski definition) is 5. The monoisotopic (exact) mass is 495 g/mol. The average Bonchev–Trinajstić information content (AvgIpc) is 3.21. The van der Waals surface area contributed by atoms with Crippen LogP contribution in [0.5, 0.6) is 0 Å². The van der Waals surface area contributed by atoms with Crippen LogP contribution in [0.25, 0.3) is 10.6 Å². The van der Waals surface area contributed by atoms with Gasteiger partial charge in [-0.2, -0.15) is 0 Å². The molecule has 0 atom stereocenters. The largest absolute Gasteiger partial charge is 0.379 e. The summed E-state index contributed by atoms with van der Waals surface area (Å²) in [5.41, 5.74) is 3.41. The van der Waals surface area contributed by atoms with Gasteiger partial charge in [-0.3, -0.25) is 9.69 Å². The Morgan fingerprint density at radius 1 is 1.10 bits per heavy atom. The van der Waals surface area contributed by atoms with Crippen LogP contribution < -0.4 is 5.32 Å². The van der Waals surface area contributed by atoms with Crippen molar-refractivity contribution in [1.82, 2.24) is 9.88 Å². The van der Waals surface area contributed by atoms with Gasteiger partial charge in [0.1, 0.15) is 5.01 Å². The number of anilines is 1. The first kappa shape index (κ1) is 22.5. The number of rotatable bonds is 6. The Balaban J connectivity index is 1.40. The normalized spacial score (nSPS) is 14.5. The summed E-state index contributed by atoms with van der Waals surface area (Å²) < 4.78 is 5.42. The van der Waals surface area contributed by atoms with Gasteiger partial charge in [-0.15, -0.1) is 11.3 Å². The van der Waals surface area contributed by atoms with Gasteiger partial charge in [0.15, 0.2) is 0 Å². The molecule has 162 valence electrons. The first-order chi connectivity index (χ1) is 15.0. The maximum absolute atomic E-state index is 12.5. The number of benzene rings is 2. The summed E-state index contributed by atoms with van der Waals surface area (Å²) in [5, 5.41) is 6.55. The van der Waals surface area contributed by atoms with Gasteiger partial charge >= 0.3 is 0 Å². The molecular formula is C22H20Cl3N3O2S. The quantitative estimate of drug-likeness (QED) is 0.439. The molecule has 2 heterocycles. The number of morpholine rings is 1. The number of carbonyl (C=O) groups is 1. The second-order valence-corrected chi connectivity index (χ2v) is 9.28. The number of carbonyl (C=O) groups excluding carboxylic acids is 1. The fraction of sp³-hybridized carbons (Fsp3) is 0.273. The molecule has 3 aromatic rings. The van der Waals surface area contributed by atoms with Crippen LogP contribution in [0.1, 0.15) is 11.3 Å². The topological polar surface area (TPSA) is 54.5 Å². The Kier molecular flexibility index (Phi) is 7.48. The molecule has 0 aliphatic carbocycles. The molecule has 2 aromatic carbocycles. The van der Waals surface area contributed by atoms with E-state index in [4.69, 9.17) is 39.5 Å². The molecule has 0 radical (unpaired) electrons. The van der Waals surface area contributed by atoms with Crippen LogP contribution in [0.3, 0.4) is 0 Å². The summed E-state index contributed by atoms with van der Waals surface area (Å²) in [7, 11) is 0. The van der Waals surface area contributed by atoms with Crippen LogP contribution in [0.15, 0.2) is 41.8 Å². The standard InChI is InChI=1S/C22H20Cl3N3O2S/c23-17-10-19(25)20(11-18(17)24)27-21(29)9-16-13-31-22(26-16)15-3-1-2-14(8-15)12-28-4-6-30-7-5-28/h1-3,8,10-11,13H,4-7,9,12H2,(H,27,29). The van der Waals surface area contributed by atoms with Gasteiger partial charge < -0.3 is 10.1 Å². The number of aromatic nitrogens is 1. The fourth-order valence-corrected chi connectivity index (χ4v) is 4.73. The molecule has 1 amide bonds. The van der Waals surface area contributed by atoms with E-state index in [0.29, 0.717) is 26.4 Å². The van der Waals surface area contributed by atoms with Gasteiger partial charge in [-0.05, 0) is 23.8 Å². The van der Waals surface area contributed by atoms with Crippen molar-refractivity contribution in [3.8, 4) is 10.6 Å². The van der Waals surface area contributed by atoms with Crippen molar-refractivity contribution in [1.29, 1.82) is 0 Å². The highest BCUT2D eigenvalue weighted by Gasteiger charge is 2.14. The van der Waals surface area contributed by atoms with E-state index in [0.717, 1.165) is 43.4 Å². The van der Waals surface area contributed by atoms with Gasteiger partial charge in [0, 0.05) is 30.6 Å². The number of amides is 1. The predicted octanol–water partition coefficient (Wildman–Crippen LogP) is 5.78. The van der Waals surface area contributed by atoms with Crippen molar-refractivity contribution < 1.29 is 9.53 Å². The molecular weight excluding hydrogens is 477 g/mol. The van der Waals surface area contributed by atoms with Crippen molar-refractivity contribution in [2.24, 2.45) is 0 Å². The molecule has 1 saturated heterocycles. The minimum Gasteiger partial charge on any atom is -0.379 e. The third kappa shape index (κ3) is 5.98. The highest BCUT2D eigenvalue weighted by Crippen LogP contribution is 2.32. The second-order valence-electron chi connectivity index (χ2n) is 7.20. The van der Waals surface area contributed by atoms with Gasteiger partial charge in [0.05, 0.1) is 46.1 Å². The molecule has 4 rings (SSSR count). The summed E-state index contributed by atoms with van der Waals surface area (Å²) >= 11 is 19.6. The highest BCUT2D eigenvalue weighted by atomic mass is 35.5. The summed E-state index contributed by atoms with van der Waals surface area (Å²) in [5.74, 6) is -0.224. The zero-order valence-corrected chi connectivity index (χ0v) is 19.6. The Labute approximate surface area is 199 Å². The third-order valence-electron chi connectivity index (χ3n) is 4.86. The number of halogens is 3. The second kappa shape index (κ2) is 10.3. The molecule has 1 fully saturated rings. The minimum absolute atomic E-state index is 0.139. The van der Waals surface area contributed by atoms with Crippen molar-refractivity contribution >= 4 is 57.7 Å². The van der Waals surface area contributed by atoms with E-state index in [-0.39, 0.29) is 12.3 Å². The maximum atomic E-state index is 12.5. The van der Waals surface area contributed by atoms with Crippen LogP contribution in [0.4, 0.5) is 5.69 Å². The molecule has 1 N–H and O–H groups in total. The van der Waals surface area contributed by atoms with Crippen molar-refractivity contribution in [2.75, 3.05) is 31.6 Å². The Morgan fingerprint density at radius 3 is 2.68 bits per heavy atom. The van der Waals surface area contributed by atoms with Gasteiger partial charge in [0.2, 0.25) is 5.91 Å². The lowest BCUT2D eigenvalue weighted by Gasteiger charge is -2.26. The van der Waals surface area contributed by atoms with Gasteiger partial charge in [0.25, 0.3) is 0 Å². The van der Waals surface area contributed by atoms with E-state index in [2.05, 4.69) is 27.3 Å². The molecule has 9 heteroatoms. The molecule has 0 saturated carbocycles. The first-order valence-electron chi connectivity index (χ1n) is 9.76. The van der Waals surface area contributed by atoms with Crippen LogP contribution >= 0.6 is 46.1 Å². The van der Waals surface area contributed by atoms with Crippen LogP contribution in [0, 0.1) is 0 Å². The number of nitrogens with one attached hydrogen (secondary N) is 1. The average molecular weight is 497 g/mol. The number of ether oxygens (including phenoxy) is 1. The first-order valence-corrected chi connectivity index (χ1v) is 11.8. The van der Waals surface area contributed by atoms with Crippen molar-refractivity contribution in [2.45, 2.75) is 13.0 Å². The lowest BCUT2D eigenvalue weighted by molar-refractivity contribution is -0.115. The third-order valence-corrected chi connectivity index (χ3v) is 6.84. The Hall–Kier alpha value is -1.67. The Bertz CT molecular complexity index is 1080. The summed E-state index contributed by atoms with van der Waals surface area (Å²) in [6, 6.07) is 11.4. The maximum Gasteiger partial charge on any atom is 0.230 e. The highest BCUT2D eigenvalue weighted by molar-refractivity contribution is 7.13. The van der Waals surface area contributed by atoms with E-state index in [9.17, 15) is 4.79 Å². The van der Waals surface area contributed by atoms with Gasteiger partial charge in [-0.1, -0.05) is 53.0 Å². The molecule has 0 spiro atoms. The molecule has 31 heavy (non-hydrogen) atoms. The van der Waals surface area contributed by atoms with E-state index in [1.807, 2.05) is 17.5 Å². The lowest BCUT2D eigenvalue weighted by Crippen LogP contribution is -2.35. The van der Waals surface area contributed by atoms with E-state index in [1.54, 1.807) is 0 Å². The molecule has 0 bridgehead atoms. The SMILES string of the molecule is O=C(Cc1csc(-c2cccc(CN3CCOCC3)c2)n1)Nc1cc(Cl)c(Cl)cc1Cl. The van der Waals surface area contributed by atoms with E-state index in [1.165, 1.54) is 29.0 Å². The van der Waals surface area contributed by atoms with Crippen molar-refractivity contribution in [3.63, 3.8) is 0 Å². The molecule has 1 aromatic heterocycles. The fourth-order valence-electron chi connectivity index (χ4n) is 3.32. The molecule has 5 nitrogen and oxygen atoms in total. The summed E-state index contributed by atoms with van der Waals surface area (Å²) in [6.45, 7) is 4.35. The van der Waals surface area contributed by atoms with Gasteiger partial charge in [-0.25, -0.2) is 4.98 Å². The van der Waals surface area contributed by atoms with Crippen molar-refractivity contribution in [3.05, 3.63) is 68.1 Å². The minimum atomic E-state index is -0.224. The molecule has 1 aliphatic heterocycles. The van der Waals surface area contributed by atoms with E-state index < -0.39 is 0 Å². The zero-order chi connectivity index (χ0) is 21.8. The van der Waals surface area contributed by atoms with Crippen LogP contribution in [-0.2, 0) is 22.5 Å². The van der Waals surface area contributed by atoms with E-state index >= 15 is 0 Å².